The molecule has 15 heavy (non-hydrogen) atoms. The molecule has 82 valence electrons. The highest BCUT2D eigenvalue weighted by atomic mass is 35.5. The molecule has 0 aliphatic carbocycles. The van der Waals surface area contributed by atoms with E-state index in [0.29, 0.717) is 11.6 Å². The van der Waals surface area contributed by atoms with Crippen LogP contribution in [0, 0.1) is 4.91 Å². The van der Waals surface area contributed by atoms with Gasteiger partial charge in [-0.25, -0.2) is 5.01 Å². The van der Waals surface area contributed by atoms with Crippen molar-refractivity contribution in [2.24, 2.45) is 5.29 Å². The second kappa shape index (κ2) is 5.68. The first-order valence-corrected chi connectivity index (χ1v) is 5.00. The summed E-state index contributed by atoms with van der Waals surface area (Å²) in [6.45, 7) is 2.35. The minimum Gasteiger partial charge on any atom is -0.353 e. The standard InChI is InChI=1S/C10H13ClN2O2/c1-3-15-10(13(2)12-14)8-5-4-6-9(11)7-8/h4-7,10H,3H2,1-2H3. The van der Waals surface area contributed by atoms with Crippen LogP contribution in [0.4, 0.5) is 0 Å². The van der Waals surface area contributed by atoms with Crippen molar-refractivity contribution in [1.82, 2.24) is 5.01 Å². The van der Waals surface area contributed by atoms with Crippen LogP contribution in [0.25, 0.3) is 0 Å². The van der Waals surface area contributed by atoms with Crippen LogP contribution in [-0.4, -0.2) is 18.7 Å². The minimum atomic E-state index is -0.480. The highest BCUT2D eigenvalue weighted by molar-refractivity contribution is 6.30. The SMILES string of the molecule is CCOC(c1cccc(Cl)c1)N(C)N=O. The summed E-state index contributed by atoms with van der Waals surface area (Å²) in [7, 11) is 1.56. The molecule has 1 atom stereocenters. The van der Waals surface area contributed by atoms with Gasteiger partial charge in [-0.3, -0.25) is 0 Å². The Labute approximate surface area is 93.7 Å². The van der Waals surface area contributed by atoms with E-state index in [0.717, 1.165) is 5.56 Å². The molecule has 0 radical (unpaired) electrons. The molecule has 1 aromatic rings. The molecule has 5 heteroatoms. The molecule has 4 nitrogen and oxygen atoms in total. The molecule has 0 fully saturated rings. The van der Waals surface area contributed by atoms with Crippen LogP contribution in [0.3, 0.4) is 0 Å². The average molecular weight is 229 g/mol. The summed E-state index contributed by atoms with van der Waals surface area (Å²) in [6, 6.07) is 7.17. The fraction of sp³-hybridized carbons (Fsp3) is 0.400. The maximum Gasteiger partial charge on any atom is 0.174 e. The smallest absolute Gasteiger partial charge is 0.174 e. The van der Waals surface area contributed by atoms with E-state index in [-0.39, 0.29) is 0 Å². The van der Waals surface area contributed by atoms with E-state index in [9.17, 15) is 4.91 Å². The molecule has 0 bridgehead atoms. The maximum absolute atomic E-state index is 10.4. The van der Waals surface area contributed by atoms with Gasteiger partial charge in [-0.05, 0) is 19.1 Å². The van der Waals surface area contributed by atoms with Crippen LogP contribution in [0.15, 0.2) is 29.6 Å². The van der Waals surface area contributed by atoms with Crippen molar-refractivity contribution in [2.45, 2.75) is 13.2 Å². The van der Waals surface area contributed by atoms with Gasteiger partial charge in [0.05, 0.1) is 5.29 Å². The molecular weight excluding hydrogens is 216 g/mol. The third-order valence-electron chi connectivity index (χ3n) is 1.93. The molecular formula is C10H13ClN2O2. The van der Waals surface area contributed by atoms with Crippen molar-refractivity contribution in [3.05, 3.63) is 39.8 Å². The molecule has 0 saturated heterocycles. The summed E-state index contributed by atoms with van der Waals surface area (Å²) >= 11 is 5.85. The fourth-order valence-electron chi connectivity index (χ4n) is 1.28. The van der Waals surface area contributed by atoms with Gasteiger partial charge in [0.25, 0.3) is 0 Å². The van der Waals surface area contributed by atoms with Crippen LogP contribution in [-0.2, 0) is 4.74 Å². The molecule has 0 N–H and O–H groups in total. The summed E-state index contributed by atoms with van der Waals surface area (Å²) < 4.78 is 5.41. The number of nitrogens with zero attached hydrogens (tertiary/aromatic N) is 2. The van der Waals surface area contributed by atoms with Gasteiger partial charge in [0.15, 0.2) is 6.23 Å². The molecule has 1 rings (SSSR count). The van der Waals surface area contributed by atoms with Crippen molar-refractivity contribution in [3.8, 4) is 0 Å². The minimum absolute atomic E-state index is 0.480. The van der Waals surface area contributed by atoms with Crippen LogP contribution in [0.5, 0.6) is 0 Å². The lowest BCUT2D eigenvalue weighted by Crippen LogP contribution is -2.21. The van der Waals surface area contributed by atoms with Gasteiger partial charge in [0.1, 0.15) is 0 Å². The van der Waals surface area contributed by atoms with Crippen molar-refractivity contribution >= 4 is 11.6 Å². The second-order valence-corrected chi connectivity index (χ2v) is 3.45. The first kappa shape index (κ1) is 11.9. The van der Waals surface area contributed by atoms with Gasteiger partial charge < -0.3 is 4.74 Å². The number of nitroso groups, excluding NO2 is 1. The molecule has 0 aromatic heterocycles. The Morgan fingerprint density at radius 2 is 2.33 bits per heavy atom. The van der Waals surface area contributed by atoms with Crippen molar-refractivity contribution in [2.75, 3.05) is 13.7 Å². The van der Waals surface area contributed by atoms with E-state index in [2.05, 4.69) is 5.29 Å². The van der Waals surface area contributed by atoms with Crippen LogP contribution < -0.4 is 0 Å². The third-order valence-corrected chi connectivity index (χ3v) is 2.16. The quantitative estimate of drug-likeness (QED) is 0.442. The second-order valence-electron chi connectivity index (χ2n) is 3.02. The summed E-state index contributed by atoms with van der Waals surface area (Å²) in [4.78, 5) is 10.4. The lowest BCUT2D eigenvalue weighted by atomic mass is 10.2. The first-order chi connectivity index (χ1) is 7.19. The first-order valence-electron chi connectivity index (χ1n) is 4.62. The average Bonchev–Trinajstić information content (AvgIpc) is 2.25. The Kier molecular flexibility index (Phi) is 4.52. The summed E-state index contributed by atoms with van der Waals surface area (Å²) in [5.74, 6) is 0. The number of ether oxygens (including phenoxy) is 1. The fourth-order valence-corrected chi connectivity index (χ4v) is 1.48. The van der Waals surface area contributed by atoms with Gasteiger partial charge in [-0.2, -0.15) is 0 Å². The molecule has 0 spiro atoms. The Hall–Kier alpha value is -1.13. The molecule has 0 aliphatic rings. The van der Waals surface area contributed by atoms with Crippen LogP contribution in [0.2, 0.25) is 5.02 Å². The van der Waals surface area contributed by atoms with Crippen LogP contribution in [0.1, 0.15) is 18.7 Å². The molecule has 1 aromatic carbocycles. The predicted molar refractivity (Wildman–Crippen MR) is 59.4 cm³/mol. The lowest BCUT2D eigenvalue weighted by molar-refractivity contribution is -0.0449. The van der Waals surface area contributed by atoms with E-state index in [1.807, 2.05) is 19.1 Å². The van der Waals surface area contributed by atoms with Gasteiger partial charge >= 0.3 is 0 Å². The molecule has 0 amide bonds. The van der Waals surface area contributed by atoms with E-state index in [4.69, 9.17) is 16.3 Å². The monoisotopic (exact) mass is 228 g/mol. The summed E-state index contributed by atoms with van der Waals surface area (Å²) in [5, 5.41) is 4.65. The number of hydrogen-bond donors (Lipinski definition) is 0. The third kappa shape index (κ3) is 3.18. The summed E-state index contributed by atoms with van der Waals surface area (Å²) in [6.07, 6.45) is -0.480. The van der Waals surface area contributed by atoms with Gasteiger partial charge in [0.2, 0.25) is 0 Å². The lowest BCUT2D eigenvalue weighted by Gasteiger charge is -2.22. The maximum atomic E-state index is 10.4. The largest absolute Gasteiger partial charge is 0.353 e. The Morgan fingerprint density at radius 1 is 1.60 bits per heavy atom. The number of rotatable bonds is 5. The van der Waals surface area contributed by atoms with Gasteiger partial charge in [-0.15, -0.1) is 4.91 Å². The van der Waals surface area contributed by atoms with E-state index in [1.165, 1.54) is 5.01 Å². The molecule has 0 heterocycles. The van der Waals surface area contributed by atoms with E-state index < -0.39 is 6.23 Å². The Balaban J connectivity index is 2.92. The highest BCUT2D eigenvalue weighted by Gasteiger charge is 2.16. The molecule has 1 unspecified atom stereocenters. The topological polar surface area (TPSA) is 41.9 Å². The zero-order valence-electron chi connectivity index (χ0n) is 8.68. The zero-order valence-corrected chi connectivity index (χ0v) is 9.44. The Morgan fingerprint density at radius 3 is 2.87 bits per heavy atom. The summed E-state index contributed by atoms with van der Waals surface area (Å²) in [5.41, 5.74) is 0.812. The van der Waals surface area contributed by atoms with E-state index >= 15 is 0 Å². The zero-order chi connectivity index (χ0) is 11.3. The van der Waals surface area contributed by atoms with Crippen molar-refractivity contribution < 1.29 is 4.74 Å². The number of halogens is 1. The van der Waals surface area contributed by atoms with Gasteiger partial charge in [0, 0.05) is 24.2 Å². The normalized spacial score (nSPS) is 12.2. The molecule has 0 saturated carbocycles. The number of benzene rings is 1. The van der Waals surface area contributed by atoms with Crippen LogP contribution >= 0.6 is 11.6 Å². The van der Waals surface area contributed by atoms with Gasteiger partial charge in [-0.1, -0.05) is 23.7 Å². The van der Waals surface area contributed by atoms with E-state index in [1.54, 1.807) is 19.2 Å². The highest BCUT2D eigenvalue weighted by Crippen LogP contribution is 2.23. The number of hydrogen-bond acceptors (Lipinski definition) is 3. The molecule has 0 aliphatic heterocycles. The Bertz CT molecular complexity index is 333. The van der Waals surface area contributed by atoms with Crippen molar-refractivity contribution in [3.63, 3.8) is 0 Å². The predicted octanol–water partition coefficient (Wildman–Crippen LogP) is 2.99. The van der Waals surface area contributed by atoms with Crippen molar-refractivity contribution in [1.29, 1.82) is 0 Å².